The van der Waals surface area contributed by atoms with E-state index in [1.54, 1.807) is 24.3 Å². The van der Waals surface area contributed by atoms with E-state index in [0.29, 0.717) is 22.2 Å². The lowest BCUT2D eigenvalue weighted by Crippen LogP contribution is -2.14. The van der Waals surface area contributed by atoms with E-state index in [1.165, 1.54) is 6.08 Å². The SMILES string of the molecule is N#C/C(=C/c1ccc(-c2ccccc2Cl)o1)C(=O)Nc1ccccc1I. The van der Waals surface area contributed by atoms with E-state index in [9.17, 15) is 10.1 Å². The second kappa shape index (κ2) is 8.21. The summed E-state index contributed by atoms with van der Waals surface area (Å²) in [6.45, 7) is 0. The van der Waals surface area contributed by atoms with Gasteiger partial charge in [-0.05, 0) is 59.0 Å². The van der Waals surface area contributed by atoms with Gasteiger partial charge in [0, 0.05) is 15.2 Å². The van der Waals surface area contributed by atoms with Gasteiger partial charge in [-0.15, -0.1) is 0 Å². The molecule has 0 fully saturated rings. The molecule has 0 aliphatic carbocycles. The molecule has 3 aromatic rings. The zero-order valence-corrected chi connectivity index (χ0v) is 16.3. The van der Waals surface area contributed by atoms with Crippen molar-refractivity contribution in [1.82, 2.24) is 0 Å². The Morgan fingerprint density at radius 3 is 2.58 bits per heavy atom. The Morgan fingerprint density at radius 2 is 1.85 bits per heavy atom. The van der Waals surface area contributed by atoms with Gasteiger partial charge in [-0.3, -0.25) is 4.79 Å². The molecule has 0 aliphatic heterocycles. The number of nitrogens with one attached hydrogen (secondary N) is 1. The molecule has 0 radical (unpaired) electrons. The van der Waals surface area contributed by atoms with Crippen molar-refractivity contribution < 1.29 is 9.21 Å². The average molecular weight is 475 g/mol. The molecule has 1 amide bonds. The molecule has 6 heteroatoms. The Kier molecular flexibility index (Phi) is 5.76. The highest BCUT2D eigenvalue weighted by Gasteiger charge is 2.13. The van der Waals surface area contributed by atoms with Gasteiger partial charge in [0.15, 0.2) is 0 Å². The molecular weight excluding hydrogens is 463 g/mol. The van der Waals surface area contributed by atoms with Crippen molar-refractivity contribution in [3.05, 3.63) is 80.6 Å². The topological polar surface area (TPSA) is 66.0 Å². The number of carbonyl (C=O) groups excluding carboxylic acids is 1. The number of hydrogen-bond donors (Lipinski definition) is 1. The Balaban J connectivity index is 1.84. The maximum absolute atomic E-state index is 12.4. The molecule has 1 aromatic heterocycles. The number of rotatable bonds is 4. The van der Waals surface area contributed by atoms with Crippen LogP contribution < -0.4 is 5.32 Å². The summed E-state index contributed by atoms with van der Waals surface area (Å²) in [6, 6.07) is 20.0. The predicted octanol–water partition coefficient (Wildman–Crippen LogP) is 5.75. The summed E-state index contributed by atoms with van der Waals surface area (Å²) in [7, 11) is 0. The molecule has 1 N–H and O–H groups in total. The van der Waals surface area contributed by atoms with Crippen LogP contribution in [0.4, 0.5) is 5.69 Å². The van der Waals surface area contributed by atoms with Gasteiger partial charge in [0.25, 0.3) is 5.91 Å². The third-order valence-corrected chi connectivity index (χ3v) is 4.81. The van der Waals surface area contributed by atoms with Crippen LogP contribution in [-0.4, -0.2) is 5.91 Å². The van der Waals surface area contributed by atoms with Crippen molar-refractivity contribution >= 4 is 51.9 Å². The van der Waals surface area contributed by atoms with Crippen LogP contribution in [0.1, 0.15) is 5.76 Å². The summed E-state index contributed by atoms with van der Waals surface area (Å²) in [5, 5.41) is 12.6. The summed E-state index contributed by atoms with van der Waals surface area (Å²) in [5.74, 6) is 0.471. The minimum absolute atomic E-state index is 0.0512. The van der Waals surface area contributed by atoms with E-state index in [2.05, 4.69) is 27.9 Å². The van der Waals surface area contributed by atoms with Gasteiger partial charge in [-0.1, -0.05) is 35.9 Å². The highest BCUT2D eigenvalue weighted by atomic mass is 127. The molecule has 0 bridgehead atoms. The lowest BCUT2D eigenvalue weighted by molar-refractivity contribution is -0.112. The Hall–Kier alpha value is -2.56. The number of para-hydroxylation sites is 1. The third kappa shape index (κ3) is 4.15. The van der Waals surface area contributed by atoms with E-state index in [1.807, 2.05) is 42.5 Å². The lowest BCUT2D eigenvalue weighted by atomic mass is 10.2. The number of amides is 1. The van der Waals surface area contributed by atoms with Gasteiger partial charge in [-0.2, -0.15) is 5.26 Å². The fraction of sp³-hybridized carbons (Fsp3) is 0. The number of halogens is 2. The molecule has 26 heavy (non-hydrogen) atoms. The van der Waals surface area contributed by atoms with E-state index in [0.717, 1.165) is 9.13 Å². The normalized spacial score (nSPS) is 11.0. The maximum Gasteiger partial charge on any atom is 0.266 e. The highest BCUT2D eigenvalue weighted by Crippen LogP contribution is 2.29. The standard InChI is InChI=1S/C20H12ClIN2O2/c21-16-6-2-1-5-15(16)19-10-9-14(26-19)11-13(12-23)20(25)24-18-8-4-3-7-17(18)22/h1-11H,(H,24,25)/b13-11-. The van der Waals surface area contributed by atoms with Gasteiger partial charge in [0.2, 0.25) is 0 Å². The molecule has 2 aromatic carbocycles. The van der Waals surface area contributed by atoms with Crippen LogP contribution in [0.2, 0.25) is 5.02 Å². The summed E-state index contributed by atoms with van der Waals surface area (Å²) in [6.07, 6.45) is 1.41. The monoisotopic (exact) mass is 474 g/mol. The molecular formula is C20H12ClIN2O2. The van der Waals surface area contributed by atoms with Crippen molar-refractivity contribution in [2.75, 3.05) is 5.32 Å². The van der Waals surface area contributed by atoms with E-state index in [-0.39, 0.29) is 5.57 Å². The van der Waals surface area contributed by atoms with Gasteiger partial charge >= 0.3 is 0 Å². The second-order valence-corrected chi connectivity index (χ2v) is 6.86. The number of carbonyl (C=O) groups is 1. The predicted molar refractivity (Wildman–Crippen MR) is 111 cm³/mol. The first-order valence-corrected chi connectivity index (χ1v) is 9.06. The molecule has 128 valence electrons. The molecule has 0 atom stereocenters. The van der Waals surface area contributed by atoms with E-state index in [4.69, 9.17) is 16.0 Å². The molecule has 3 rings (SSSR count). The minimum atomic E-state index is -0.493. The van der Waals surface area contributed by atoms with Gasteiger partial charge in [-0.25, -0.2) is 0 Å². The van der Waals surface area contributed by atoms with Crippen molar-refractivity contribution in [3.8, 4) is 17.4 Å². The zero-order valence-electron chi connectivity index (χ0n) is 13.4. The van der Waals surface area contributed by atoms with Gasteiger partial charge in [0.05, 0.1) is 10.7 Å². The second-order valence-electron chi connectivity index (χ2n) is 5.29. The Bertz CT molecular complexity index is 1030. The quantitative estimate of drug-likeness (QED) is 0.297. The lowest BCUT2D eigenvalue weighted by Gasteiger charge is -2.05. The number of nitriles is 1. The van der Waals surface area contributed by atoms with Crippen LogP contribution in [0, 0.1) is 14.9 Å². The molecule has 4 nitrogen and oxygen atoms in total. The van der Waals surface area contributed by atoms with Crippen molar-refractivity contribution in [2.24, 2.45) is 0 Å². The largest absolute Gasteiger partial charge is 0.457 e. The molecule has 0 saturated heterocycles. The molecule has 0 aliphatic rings. The van der Waals surface area contributed by atoms with Crippen molar-refractivity contribution in [3.63, 3.8) is 0 Å². The summed E-state index contributed by atoms with van der Waals surface area (Å²) in [5.41, 5.74) is 1.34. The van der Waals surface area contributed by atoms with Crippen molar-refractivity contribution in [2.45, 2.75) is 0 Å². The average Bonchev–Trinajstić information content (AvgIpc) is 3.10. The summed E-state index contributed by atoms with van der Waals surface area (Å²) in [4.78, 5) is 12.4. The van der Waals surface area contributed by atoms with Crippen LogP contribution in [0.25, 0.3) is 17.4 Å². The molecule has 0 saturated carbocycles. The van der Waals surface area contributed by atoms with Crippen molar-refractivity contribution in [1.29, 1.82) is 5.26 Å². The number of hydrogen-bond acceptors (Lipinski definition) is 3. The number of benzene rings is 2. The smallest absolute Gasteiger partial charge is 0.266 e. The summed E-state index contributed by atoms with van der Waals surface area (Å²) < 4.78 is 6.60. The van der Waals surface area contributed by atoms with Crippen LogP contribution in [-0.2, 0) is 4.79 Å². The molecule has 0 spiro atoms. The first-order chi connectivity index (χ1) is 12.6. The van der Waals surface area contributed by atoms with Crippen LogP contribution >= 0.6 is 34.2 Å². The Labute approximate surface area is 169 Å². The molecule has 0 unspecified atom stereocenters. The fourth-order valence-electron chi connectivity index (χ4n) is 2.28. The van der Waals surface area contributed by atoms with Crippen LogP contribution in [0.15, 0.2) is 70.7 Å². The van der Waals surface area contributed by atoms with Gasteiger partial charge < -0.3 is 9.73 Å². The highest BCUT2D eigenvalue weighted by molar-refractivity contribution is 14.1. The maximum atomic E-state index is 12.4. The van der Waals surface area contributed by atoms with E-state index >= 15 is 0 Å². The Morgan fingerprint density at radius 1 is 1.12 bits per heavy atom. The zero-order chi connectivity index (χ0) is 18.5. The van der Waals surface area contributed by atoms with Crippen LogP contribution in [0.3, 0.4) is 0 Å². The number of furan rings is 1. The first-order valence-electron chi connectivity index (χ1n) is 7.61. The molecule has 1 heterocycles. The summed E-state index contributed by atoms with van der Waals surface area (Å²) >= 11 is 8.28. The number of anilines is 1. The minimum Gasteiger partial charge on any atom is -0.457 e. The van der Waals surface area contributed by atoms with Gasteiger partial charge in [0.1, 0.15) is 23.2 Å². The first kappa shape index (κ1) is 18.2. The van der Waals surface area contributed by atoms with Crippen LogP contribution in [0.5, 0.6) is 0 Å². The van der Waals surface area contributed by atoms with E-state index < -0.39 is 5.91 Å². The third-order valence-electron chi connectivity index (χ3n) is 3.54. The number of nitrogens with zero attached hydrogens (tertiary/aromatic N) is 1. The fourth-order valence-corrected chi connectivity index (χ4v) is 3.03.